The van der Waals surface area contributed by atoms with Crippen molar-refractivity contribution in [1.29, 1.82) is 0 Å². The molecule has 2 heteroatoms. The highest BCUT2D eigenvalue weighted by Gasteiger charge is 2.32. The van der Waals surface area contributed by atoms with Gasteiger partial charge in [-0.25, -0.2) is 0 Å². The summed E-state index contributed by atoms with van der Waals surface area (Å²) in [5.74, 6) is 1.24. The van der Waals surface area contributed by atoms with Gasteiger partial charge in [0, 0.05) is 11.1 Å². The number of allylic oxidation sites excluding steroid dienone is 5. The van der Waals surface area contributed by atoms with Crippen molar-refractivity contribution in [2.75, 3.05) is 0 Å². The third-order valence-corrected chi connectivity index (χ3v) is 4.49. The van der Waals surface area contributed by atoms with Crippen LogP contribution in [0.5, 0.6) is 11.5 Å². The van der Waals surface area contributed by atoms with E-state index < -0.39 is 0 Å². The fraction of sp³-hybridized carbons (Fsp3) is 0.455. The Bertz CT molecular complexity index is 699. The van der Waals surface area contributed by atoms with Crippen LogP contribution in [0.25, 0.3) is 0 Å². The van der Waals surface area contributed by atoms with Crippen molar-refractivity contribution in [2.24, 2.45) is 0 Å². The Morgan fingerprint density at radius 1 is 1.25 bits per heavy atom. The minimum absolute atomic E-state index is 0.334. The van der Waals surface area contributed by atoms with E-state index in [-0.39, 0.29) is 5.60 Å². The van der Waals surface area contributed by atoms with Gasteiger partial charge in [-0.2, -0.15) is 0 Å². The highest BCUT2D eigenvalue weighted by molar-refractivity contribution is 5.55. The lowest BCUT2D eigenvalue weighted by Gasteiger charge is -2.35. The van der Waals surface area contributed by atoms with Crippen LogP contribution in [0.15, 0.2) is 41.5 Å². The molecule has 1 N–H and O–H groups in total. The van der Waals surface area contributed by atoms with Crippen LogP contribution in [-0.4, -0.2) is 10.7 Å². The van der Waals surface area contributed by atoms with E-state index in [0.717, 1.165) is 36.1 Å². The topological polar surface area (TPSA) is 29.5 Å². The van der Waals surface area contributed by atoms with Gasteiger partial charge in [0.2, 0.25) is 0 Å². The van der Waals surface area contributed by atoms with Crippen molar-refractivity contribution in [2.45, 2.75) is 66.4 Å². The molecule has 0 radical (unpaired) electrons. The molecular weight excluding hydrogens is 296 g/mol. The molecule has 130 valence electrons. The largest absolute Gasteiger partial charge is 0.508 e. The fourth-order valence-corrected chi connectivity index (χ4v) is 3.00. The van der Waals surface area contributed by atoms with E-state index in [9.17, 15) is 5.11 Å². The summed E-state index contributed by atoms with van der Waals surface area (Å²) < 4.78 is 6.42. The predicted octanol–water partition coefficient (Wildman–Crippen LogP) is 5.82. The van der Waals surface area contributed by atoms with Gasteiger partial charge in [-0.05, 0) is 78.5 Å². The van der Waals surface area contributed by atoms with Crippen LogP contribution in [-0.2, 0) is 12.8 Å². The lowest BCUT2D eigenvalue weighted by molar-refractivity contribution is 0.112. The first-order valence-corrected chi connectivity index (χ1v) is 8.71. The minimum atomic E-state index is -0.334. The Morgan fingerprint density at radius 3 is 2.58 bits per heavy atom. The summed E-state index contributed by atoms with van der Waals surface area (Å²) in [6, 6.07) is 1.87. The second kappa shape index (κ2) is 7.29. The van der Waals surface area contributed by atoms with Gasteiger partial charge in [0.05, 0.1) is 0 Å². The quantitative estimate of drug-likeness (QED) is 0.558. The van der Waals surface area contributed by atoms with Crippen LogP contribution >= 0.6 is 0 Å². The number of benzene rings is 1. The normalized spacial score (nSPS) is 19.6. The maximum absolute atomic E-state index is 10.3. The Hall–Kier alpha value is -1.96. The van der Waals surface area contributed by atoms with E-state index in [0.29, 0.717) is 5.75 Å². The summed E-state index contributed by atoms with van der Waals surface area (Å²) in [6.45, 7) is 12.5. The van der Waals surface area contributed by atoms with Gasteiger partial charge in [0.1, 0.15) is 17.1 Å². The number of phenolic OH excluding ortho intramolecular Hbond substituents is 1. The number of rotatable bonds is 4. The number of hydrogen-bond acceptors (Lipinski definition) is 2. The Balaban J connectivity index is 2.42. The molecule has 1 aromatic rings. The lowest BCUT2D eigenvalue weighted by atomic mass is 9.88. The lowest BCUT2D eigenvalue weighted by Crippen LogP contribution is -2.34. The Kier molecular flexibility index (Phi) is 5.58. The molecule has 0 aliphatic carbocycles. The second-order valence-electron chi connectivity index (χ2n) is 7.50. The maximum Gasteiger partial charge on any atom is 0.131 e. The summed E-state index contributed by atoms with van der Waals surface area (Å²) >= 11 is 0. The van der Waals surface area contributed by atoms with Gasteiger partial charge in [0.25, 0.3) is 0 Å². The van der Waals surface area contributed by atoms with Gasteiger partial charge in [-0.15, -0.1) is 0 Å². The van der Waals surface area contributed by atoms with Gasteiger partial charge in [0.15, 0.2) is 0 Å². The highest BCUT2D eigenvalue weighted by Crippen LogP contribution is 2.43. The zero-order chi connectivity index (χ0) is 17.9. The van der Waals surface area contributed by atoms with Gasteiger partial charge in [-0.1, -0.05) is 29.4 Å². The third kappa shape index (κ3) is 4.31. The molecule has 1 unspecified atom stereocenters. The van der Waals surface area contributed by atoms with Gasteiger partial charge >= 0.3 is 0 Å². The van der Waals surface area contributed by atoms with Crippen LogP contribution in [0, 0.1) is 6.92 Å². The summed E-state index contributed by atoms with van der Waals surface area (Å²) in [6.07, 6.45) is 11.1. The summed E-state index contributed by atoms with van der Waals surface area (Å²) in [4.78, 5) is 0. The van der Waals surface area contributed by atoms with E-state index >= 15 is 0 Å². The fourth-order valence-electron chi connectivity index (χ4n) is 3.00. The zero-order valence-electron chi connectivity index (χ0n) is 15.9. The molecule has 0 bridgehead atoms. The molecule has 1 aliphatic rings. The molecule has 2 nitrogen and oxygen atoms in total. The number of aromatic hydroxyl groups is 1. The molecule has 1 aliphatic heterocycles. The highest BCUT2D eigenvalue weighted by atomic mass is 16.5. The molecule has 0 saturated heterocycles. The number of fused-ring (bicyclic) bond motifs is 1. The molecule has 0 amide bonds. The SMILES string of the molecule is CC(C)=CC=CC1(C)CCc2c(O)cc(C)c(CC=C(C)C)c2O1. The summed E-state index contributed by atoms with van der Waals surface area (Å²) in [7, 11) is 0. The van der Waals surface area contributed by atoms with E-state index in [2.05, 4.69) is 58.9 Å². The molecule has 1 atom stereocenters. The molecule has 2 rings (SSSR count). The van der Waals surface area contributed by atoms with Crippen molar-refractivity contribution in [3.8, 4) is 11.5 Å². The summed E-state index contributed by atoms with van der Waals surface area (Å²) in [5.41, 5.74) is 5.44. The second-order valence-corrected chi connectivity index (χ2v) is 7.50. The Morgan fingerprint density at radius 2 is 1.96 bits per heavy atom. The van der Waals surface area contributed by atoms with Crippen LogP contribution < -0.4 is 4.74 Å². The number of ether oxygens (including phenoxy) is 1. The van der Waals surface area contributed by atoms with E-state index in [1.54, 1.807) is 0 Å². The van der Waals surface area contributed by atoms with Crippen LogP contribution in [0.1, 0.15) is 57.7 Å². The Labute approximate surface area is 146 Å². The minimum Gasteiger partial charge on any atom is -0.508 e. The molecular formula is C22H30O2. The summed E-state index contributed by atoms with van der Waals surface area (Å²) in [5, 5.41) is 10.3. The molecule has 1 aromatic carbocycles. The van der Waals surface area contributed by atoms with Gasteiger partial charge < -0.3 is 9.84 Å². The number of phenols is 1. The van der Waals surface area contributed by atoms with Crippen molar-refractivity contribution in [3.05, 3.63) is 58.2 Å². The standard InChI is InChI=1S/C22H30O2/c1-15(2)8-7-12-22(6)13-11-19-20(23)14-17(5)18(21(19)24-22)10-9-16(3)4/h7-9,12,14,23H,10-11,13H2,1-6H3. The number of aryl methyl sites for hydroxylation is 1. The van der Waals surface area contributed by atoms with Gasteiger partial charge in [-0.3, -0.25) is 0 Å². The van der Waals surface area contributed by atoms with Crippen molar-refractivity contribution >= 4 is 0 Å². The molecule has 24 heavy (non-hydrogen) atoms. The zero-order valence-corrected chi connectivity index (χ0v) is 15.9. The smallest absolute Gasteiger partial charge is 0.131 e. The average Bonchev–Trinajstić information content (AvgIpc) is 2.45. The molecule has 0 spiro atoms. The maximum atomic E-state index is 10.3. The van der Waals surface area contributed by atoms with Crippen molar-refractivity contribution < 1.29 is 9.84 Å². The van der Waals surface area contributed by atoms with Crippen molar-refractivity contribution in [1.82, 2.24) is 0 Å². The van der Waals surface area contributed by atoms with Crippen LogP contribution in [0.2, 0.25) is 0 Å². The first-order valence-electron chi connectivity index (χ1n) is 8.71. The van der Waals surface area contributed by atoms with Crippen molar-refractivity contribution in [3.63, 3.8) is 0 Å². The number of hydrogen-bond donors (Lipinski definition) is 1. The predicted molar refractivity (Wildman–Crippen MR) is 102 cm³/mol. The van der Waals surface area contributed by atoms with Crippen LogP contribution in [0.3, 0.4) is 0 Å². The molecule has 0 aromatic heterocycles. The van der Waals surface area contributed by atoms with Crippen LogP contribution in [0.4, 0.5) is 0 Å². The third-order valence-electron chi connectivity index (χ3n) is 4.49. The first kappa shape index (κ1) is 18.4. The van der Waals surface area contributed by atoms with E-state index in [4.69, 9.17) is 4.74 Å². The molecule has 1 heterocycles. The first-order chi connectivity index (χ1) is 11.2. The van der Waals surface area contributed by atoms with E-state index in [1.807, 2.05) is 13.0 Å². The van der Waals surface area contributed by atoms with E-state index in [1.165, 1.54) is 16.7 Å². The monoisotopic (exact) mass is 326 g/mol. The average molecular weight is 326 g/mol. The molecule has 0 fully saturated rings. The molecule has 0 saturated carbocycles.